The van der Waals surface area contributed by atoms with E-state index in [0.717, 1.165) is 0 Å². The Hall–Kier alpha value is -2.38. The second kappa shape index (κ2) is 6.59. The number of hydrogen-bond donors (Lipinski definition) is 2. The van der Waals surface area contributed by atoms with E-state index in [0.29, 0.717) is 16.9 Å². The van der Waals surface area contributed by atoms with E-state index in [1.165, 1.54) is 6.07 Å². The predicted octanol–water partition coefficient (Wildman–Crippen LogP) is 2.25. The van der Waals surface area contributed by atoms with Crippen LogP contribution in [0.1, 0.15) is 17.3 Å². The Morgan fingerprint density at radius 3 is 2.36 bits per heavy atom. The summed E-state index contributed by atoms with van der Waals surface area (Å²) in [6, 6.07) is 12.8. The van der Waals surface area contributed by atoms with Crippen molar-refractivity contribution in [3.63, 3.8) is 0 Å². The van der Waals surface area contributed by atoms with E-state index in [9.17, 15) is 13.2 Å². The van der Waals surface area contributed by atoms with Crippen LogP contribution in [0, 0.1) is 0 Å². The number of para-hydroxylation sites is 1. The molecule has 0 heterocycles. The smallest absolute Gasteiger partial charge is 0.299 e. The molecule has 0 aliphatic heterocycles. The van der Waals surface area contributed by atoms with Crippen molar-refractivity contribution in [3.05, 3.63) is 54.1 Å². The maximum Gasteiger partial charge on any atom is 0.299 e. The third kappa shape index (κ3) is 3.63. The van der Waals surface area contributed by atoms with Crippen LogP contribution < -0.4 is 11.1 Å². The normalized spacial score (nSPS) is 11.1. The molecule has 0 radical (unpaired) electrons. The number of benzene rings is 2. The zero-order chi connectivity index (χ0) is 16.2. The van der Waals surface area contributed by atoms with Crippen molar-refractivity contribution in [2.75, 3.05) is 11.9 Å². The molecule has 0 unspecified atom stereocenters. The van der Waals surface area contributed by atoms with Gasteiger partial charge in [0.15, 0.2) is 0 Å². The van der Waals surface area contributed by atoms with Gasteiger partial charge in [-0.3, -0.25) is 8.98 Å². The molecule has 0 aromatic heterocycles. The van der Waals surface area contributed by atoms with Gasteiger partial charge in [0.2, 0.25) is 5.91 Å². The first-order valence-corrected chi connectivity index (χ1v) is 8.00. The van der Waals surface area contributed by atoms with Gasteiger partial charge in [-0.25, -0.2) is 0 Å². The van der Waals surface area contributed by atoms with Crippen LogP contribution >= 0.6 is 0 Å². The number of amides is 1. The molecular formula is C15H16N2O4S. The summed E-state index contributed by atoms with van der Waals surface area (Å²) in [6.07, 6.45) is 0. The number of carbonyl (C=O) groups is 1. The fourth-order valence-corrected chi connectivity index (χ4v) is 2.95. The minimum atomic E-state index is -3.82. The zero-order valence-corrected chi connectivity index (χ0v) is 12.8. The summed E-state index contributed by atoms with van der Waals surface area (Å²) in [5.41, 5.74) is 6.57. The third-order valence-corrected chi connectivity index (χ3v) is 4.32. The summed E-state index contributed by atoms with van der Waals surface area (Å²) in [5, 5.41) is 2.99. The van der Waals surface area contributed by atoms with Crippen LogP contribution in [-0.2, 0) is 14.3 Å². The molecule has 22 heavy (non-hydrogen) atoms. The number of nitrogens with two attached hydrogens (primary N) is 1. The lowest BCUT2D eigenvalue weighted by molar-refractivity contribution is 0.100. The number of hydrogen-bond acceptors (Lipinski definition) is 5. The highest BCUT2D eigenvalue weighted by Gasteiger charge is 2.18. The first-order chi connectivity index (χ1) is 10.4. The van der Waals surface area contributed by atoms with E-state index < -0.39 is 16.0 Å². The molecular weight excluding hydrogens is 304 g/mol. The van der Waals surface area contributed by atoms with E-state index in [2.05, 4.69) is 5.32 Å². The SMILES string of the molecule is CCOS(=O)(=O)c1ccccc1Nc1ccc(C(N)=O)cc1. The van der Waals surface area contributed by atoms with Gasteiger partial charge in [-0.2, -0.15) is 8.42 Å². The Balaban J connectivity index is 2.32. The summed E-state index contributed by atoms with van der Waals surface area (Å²) in [5.74, 6) is -0.522. The van der Waals surface area contributed by atoms with Gasteiger partial charge in [0.1, 0.15) is 4.90 Å². The van der Waals surface area contributed by atoms with Gasteiger partial charge >= 0.3 is 0 Å². The molecule has 2 rings (SSSR count). The van der Waals surface area contributed by atoms with Crippen molar-refractivity contribution < 1.29 is 17.4 Å². The van der Waals surface area contributed by atoms with E-state index in [1.54, 1.807) is 49.4 Å². The quantitative estimate of drug-likeness (QED) is 0.795. The zero-order valence-electron chi connectivity index (χ0n) is 11.9. The number of primary amides is 1. The van der Waals surface area contributed by atoms with Crippen LogP contribution in [0.25, 0.3) is 0 Å². The average Bonchev–Trinajstić information content (AvgIpc) is 2.48. The summed E-state index contributed by atoms with van der Waals surface area (Å²) < 4.78 is 28.9. The highest BCUT2D eigenvalue weighted by Crippen LogP contribution is 2.26. The molecule has 0 aliphatic carbocycles. The summed E-state index contributed by atoms with van der Waals surface area (Å²) >= 11 is 0. The number of rotatable bonds is 6. The molecule has 2 aromatic carbocycles. The molecule has 7 heteroatoms. The molecule has 3 N–H and O–H groups in total. The maximum atomic E-state index is 12.1. The monoisotopic (exact) mass is 320 g/mol. The lowest BCUT2D eigenvalue weighted by Crippen LogP contribution is -2.11. The first kappa shape index (κ1) is 16.0. The number of anilines is 2. The third-order valence-electron chi connectivity index (χ3n) is 2.88. The van der Waals surface area contributed by atoms with Crippen molar-refractivity contribution in [3.8, 4) is 0 Å². The predicted molar refractivity (Wildman–Crippen MR) is 83.5 cm³/mol. The largest absolute Gasteiger partial charge is 0.366 e. The van der Waals surface area contributed by atoms with E-state index in [1.807, 2.05) is 0 Å². The van der Waals surface area contributed by atoms with Crippen molar-refractivity contribution >= 4 is 27.4 Å². The number of nitrogens with one attached hydrogen (secondary N) is 1. The van der Waals surface area contributed by atoms with Gasteiger partial charge < -0.3 is 11.1 Å². The number of carbonyl (C=O) groups excluding carboxylic acids is 1. The first-order valence-electron chi connectivity index (χ1n) is 6.59. The average molecular weight is 320 g/mol. The Morgan fingerprint density at radius 1 is 1.14 bits per heavy atom. The molecule has 2 aromatic rings. The molecule has 1 amide bonds. The van der Waals surface area contributed by atoms with Gasteiger partial charge in [-0.15, -0.1) is 0 Å². The Bertz CT molecular complexity index is 770. The summed E-state index contributed by atoms with van der Waals surface area (Å²) in [6.45, 7) is 1.67. The second-order valence-corrected chi connectivity index (χ2v) is 6.01. The minimum absolute atomic E-state index is 0.0517. The van der Waals surface area contributed by atoms with Gasteiger partial charge in [0.05, 0.1) is 12.3 Å². The molecule has 0 saturated heterocycles. The fraction of sp³-hybridized carbons (Fsp3) is 0.133. The van der Waals surface area contributed by atoms with E-state index >= 15 is 0 Å². The van der Waals surface area contributed by atoms with Crippen molar-refractivity contribution in [2.45, 2.75) is 11.8 Å². The molecule has 116 valence electrons. The molecule has 0 aliphatic rings. The Kier molecular flexibility index (Phi) is 4.79. The van der Waals surface area contributed by atoms with Crippen molar-refractivity contribution in [1.82, 2.24) is 0 Å². The van der Waals surface area contributed by atoms with Crippen LogP contribution in [0.3, 0.4) is 0 Å². The highest BCUT2D eigenvalue weighted by molar-refractivity contribution is 7.87. The summed E-state index contributed by atoms with van der Waals surface area (Å²) in [7, 11) is -3.82. The van der Waals surface area contributed by atoms with Crippen molar-refractivity contribution in [2.24, 2.45) is 5.73 Å². The van der Waals surface area contributed by atoms with Crippen LogP contribution in [0.2, 0.25) is 0 Å². The highest BCUT2D eigenvalue weighted by atomic mass is 32.2. The lowest BCUT2D eigenvalue weighted by atomic mass is 10.2. The molecule has 0 saturated carbocycles. The molecule has 0 atom stereocenters. The van der Waals surface area contributed by atoms with Gasteiger partial charge in [-0.1, -0.05) is 12.1 Å². The Morgan fingerprint density at radius 2 is 1.77 bits per heavy atom. The second-order valence-electron chi connectivity index (χ2n) is 4.42. The van der Waals surface area contributed by atoms with Crippen LogP contribution in [0.15, 0.2) is 53.4 Å². The standard InChI is InChI=1S/C15H16N2O4S/c1-2-21-22(19,20)14-6-4-3-5-13(14)17-12-9-7-11(8-10-12)15(16)18/h3-10,17H,2H2,1H3,(H2,16,18). The minimum Gasteiger partial charge on any atom is -0.366 e. The molecule has 0 fully saturated rings. The van der Waals surface area contributed by atoms with Crippen molar-refractivity contribution in [1.29, 1.82) is 0 Å². The van der Waals surface area contributed by atoms with Gasteiger partial charge in [0, 0.05) is 11.3 Å². The van der Waals surface area contributed by atoms with Gasteiger partial charge in [-0.05, 0) is 43.3 Å². The maximum absolute atomic E-state index is 12.1. The van der Waals surface area contributed by atoms with Gasteiger partial charge in [0.25, 0.3) is 10.1 Å². The molecule has 6 nitrogen and oxygen atoms in total. The Labute approximate surface area is 129 Å². The van der Waals surface area contributed by atoms with Crippen LogP contribution in [0.5, 0.6) is 0 Å². The van der Waals surface area contributed by atoms with E-state index in [-0.39, 0.29) is 11.5 Å². The topological polar surface area (TPSA) is 98.5 Å². The summed E-state index contributed by atoms with van der Waals surface area (Å²) in [4.78, 5) is 11.1. The fourth-order valence-electron chi connectivity index (χ4n) is 1.88. The lowest BCUT2D eigenvalue weighted by Gasteiger charge is -2.12. The molecule has 0 bridgehead atoms. The van der Waals surface area contributed by atoms with Crippen LogP contribution in [-0.4, -0.2) is 20.9 Å². The van der Waals surface area contributed by atoms with E-state index in [4.69, 9.17) is 9.92 Å². The van der Waals surface area contributed by atoms with Crippen LogP contribution in [0.4, 0.5) is 11.4 Å². The molecule has 0 spiro atoms.